The number of fused-ring (bicyclic) bond motifs is 1. The SMILES string of the molecule is Cc1nn(Cc2ccc(C#N)cc2)c(C)c1NC(=O)c1cc(-c2cccs2)nc2ccccc12. The van der Waals surface area contributed by atoms with Gasteiger partial charge in [0.2, 0.25) is 0 Å². The molecule has 1 N–H and O–H groups in total. The predicted octanol–water partition coefficient (Wildman–Crippen LogP) is 5.95. The van der Waals surface area contributed by atoms with E-state index in [0.717, 1.165) is 38.4 Å². The number of nitriles is 1. The number of hydrogen-bond donors (Lipinski definition) is 1. The van der Waals surface area contributed by atoms with E-state index in [1.807, 2.05) is 78.5 Å². The van der Waals surface area contributed by atoms with Gasteiger partial charge in [0, 0.05) is 5.39 Å². The Balaban J connectivity index is 1.47. The molecule has 0 fully saturated rings. The van der Waals surface area contributed by atoms with Crippen molar-refractivity contribution in [2.45, 2.75) is 20.4 Å². The standard InChI is InChI=1S/C27H21N5OS/c1-17-26(18(2)32(31-17)16-20-11-9-19(15-28)10-12-20)30-27(33)22-14-24(25-8-5-13-34-25)29-23-7-4-3-6-21(22)23/h3-14H,16H2,1-2H3,(H,30,33). The van der Waals surface area contributed by atoms with Gasteiger partial charge in [-0.3, -0.25) is 9.48 Å². The fourth-order valence-electron chi connectivity index (χ4n) is 3.98. The Morgan fingerprint density at radius 2 is 1.88 bits per heavy atom. The summed E-state index contributed by atoms with van der Waals surface area (Å²) in [6, 6.07) is 23.1. The van der Waals surface area contributed by atoms with Crippen LogP contribution in [0.25, 0.3) is 21.5 Å². The average Bonchev–Trinajstić information content (AvgIpc) is 3.49. The summed E-state index contributed by atoms with van der Waals surface area (Å²) in [5, 5.41) is 19.5. The second kappa shape index (κ2) is 8.93. The van der Waals surface area contributed by atoms with Crippen LogP contribution in [0.4, 0.5) is 5.69 Å². The monoisotopic (exact) mass is 463 g/mol. The molecule has 34 heavy (non-hydrogen) atoms. The van der Waals surface area contributed by atoms with E-state index in [-0.39, 0.29) is 5.91 Å². The minimum absolute atomic E-state index is 0.194. The van der Waals surface area contributed by atoms with E-state index in [1.165, 1.54) is 0 Å². The number of amides is 1. The third-order valence-electron chi connectivity index (χ3n) is 5.77. The van der Waals surface area contributed by atoms with Crippen LogP contribution in [0.1, 0.15) is 32.9 Å². The molecule has 0 saturated carbocycles. The van der Waals surface area contributed by atoms with E-state index in [0.29, 0.717) is 23.4 Å². The molecule has 6 nitrogen and oxygen atoms in total. The minimum atomic E-state index is -0.194. The Morgan fingerprint density at radius 1 is 1.09 bits per heavy atom. The van der Waals surface area contributed by atoms with Gasteiger partial charge >= 0.3 is 0 Å². The van der Waals surface area contributed by atoms with E-state index >= 15 is 0 Å². The zero-order chi connectivity index (χ0) is 23.7. The fraction of sp³-hybridized carbons (Fsp3) is 0.111. The largest absolute Gasteiger partial charge is 0.319 e. The number of carbonyl (C=O) groups is 1. The quantitative estimate of drug-likeness (QED) is 0.349. The normalized spacial score (nSPS) is 10.9. The van der Waals surface area contributed by atoms with Gasteiger partial charge in [-0.05, 0) is 55.1 Å². The average molecular weight is 464 g/mol. The van der Waals surface area contributed by atoms with Gasteiger partial charge < -0.3 is 5.32 Å². The summed E-state index contributed by atoms with van der Waals surface area (Å²) in [4.78, 5) is 19.3. The van der Waals surface area contributed by atoms with Crippen LogP contribution in [0, 0.1) is 25.2 Å². The zero-order valence-electron chi connectivity index (χ0n) is 18.7. The summed E-state index contributed by atoms with van der Waals surface area (Å²) in [5.74, 6) is -0.194. The molecular formula is C27H21N5OS. The number of hydrogen-bond acceptors (Lipinski definition) is 5. The van der Waals surface area contributed by atoms with Gasteiger partial charge in [0.15, 0.2) is 0 Å². The smallest absolute Gasteiger partial charge is 0.256 e. The fourth-order valence-corrected chi connectivity index (χ4v) is 4.67. The van der Waals surface area contributed by atoms with Crippen molar-refractivity contribution in [3.05, 3.63) is 100 Å². The third-order valence-corrected chi connectivity index (χ3v) is 6.66. The van der Waals surface area contributed by atoms with E-state index in [4.69, 9.17) is 10.2 Å². The molecule has 0 unspecified atom stereocenters. The van der Waals surface area contributed by atoms with Crippen molar-refractivity contribution in [3.8, 4) is 16.6 Å². The number of para-hydroxylation sites is 1. The first-order valence-electron chi connectivity index (χ1n) is 10.8. The van der Waals surface area contributed by atoms with Crippen molar-refractivity contribution in [1.29, 1.82) is 5.26 Å². The Hall–Kier alpha value is -4.28. The summed E-state index contributed by atoms with van der Waals surface area (Å²) in [6.45, 7) is 4.38. The molecule has 5 aromatic rings. The molecule has 7 heteroatoms. The summed E-state index contributed by atoms with van der Waals surface area (Å²) in [6.07, 6.45) is 0. The number of rotatable bonds is 5. The summed E-state index contributed by atoms with van der Waals surface area (Å²) in [5.41, 5.74) is 6.11. The van der Waals surface area contributed by atoms with Gasteiger partial charge in [-0.2, -0.15) is 10.4 Å². The molecular weight excluding hydrogens is 442 g/mol. The molecule has 5 rings (SSSR count). The van der Waals surface area contributed by atoms with Gasteiger partial charge in [0.1, 0.15) is 0 Å². The van der Waals surface area contributed by atoms with Crippen molar-refractivity contribution in [3.63, 3.8) is 0 Å². The van der Waals surface area contributed by atoms with Gasteiger partial charge in [-0.25, -0.2) is 4.98 Å². The van der Waals surface area contributed by atoms with Crippen LogP contribution in [0.15, 0.2) is 72.1 Å². The first-order valence-corrected chi connectivity index (χ1v) is 11.7. The van der Waals surface area contributed by atoms with Crippen LogP contribution < -0.4 is 5.32 Å². The lowest BCUT2D eigenvalue weighted by atomic mass is 10.1. The van der Waals surface area contributed by atoms with Crippen LogP contribution in [0.3, 0.4) is 0 Å². The lowest BCUT2D eigenvalue weighted by Gasteiger charge is -2.11. The number of nitrogens with one attached hydrogen (secondary N) is 1. The van der Waals surface area contributed by atoms with Crippen LogP contribution >= 0.6 is 11.3 Å². The Bertz CT molecular complexity index is 1540. The maximum absolute atomic E-state index is 13.5. The number of nitrogens with zero attached hydrogens (tertiary/aromatic N) is 4. The van der Waals surface area contributed by atoms with E-state index in [9.17, 15) is 4.79 Å². The molecule has 1 amide bonds. The molecule has 0 spiro atoms. The molecule has 2 aromatic carbocycles. The molecule has 0 bridgehead atoms. The first kappa shape index (κ1) is 21.6. The van der Waals surface area contributed by atoms with Crippen LogP contribution in [0.5, 0.6) is 0 Å². The minimum Gasteiger partial charge on any atom is -0.319 e. The Kier molecular flexibility index (Phi) is 5.66. The van der Waals surface area contributed by atoms with Crippen LogP contribution in [-0.4, -0.2) is 20.7 Å². The number of anilines is 1. The van der Waals surface area contributed by atoms with Gasteiger partial charge in [-0.1, -0.05) is 36.4 Å². The highest BCUT2D eigenvalue weighted by atomic mass is 32.1. The molecule has 0 aliphatic carbocycles. The molecule has 0 radical (unpaired) electrons. The van der Waals surface area contributed by atoms with Crippen LogP contribution in [-0.2, 0) is 6.54 Å². The third kappa shape index (κ3) is 4.07. The van der Waals surface area contributed by atoms with Gasteiger partial charge in [0.05, 0.1) is 56.9 Å². The molecule has 0 aliphatic heterocycles. The molecule has 166 valence electrons. The number of aryl methyl sites for hydroxylation is 1. The first-order chi connectivity index (χ1) is 16.5. The lowest BCUT2D eigenvalue weighted by molar-refractivity contribution is 0.102. The number of benzene rings is 2. The zero-order valence-corrected chi connectivity index (χ0v) is 19.6. The molecule has 3 heterocycles. The molecule has 3 aromatic heterocycles. The van der Waals surface area contributed by atoms with Crippen LogP contribution in [0.2, 0.25) is 0 Å². The van der Waals surface area contributed by atoms with Gasteiger partial charge in [0.25, 0.3) is 5.91 Å². The maximum Gasteiger partial charge on any atom is 0.256 e. The highest BCUT2D eigenvalue weighted by Gasteiger charge is 2.19. The second-order valence-electron chi connectivity index (χ2n) is 8.02. The van der Waals surface area contributed by atoms with Crippen molar-refractivity contribution < 1.29 is 4.79 Å². The van der Waals surface area contributed by atoms with Crippen molar-refractivity contribution in [2.24, 2.45) is 0 Å². The lowest BCUT2D eigenvalue weighted by Crippen LogP contribution is -2.14. The van der Waals surface area contributed by atoms with Crippen molar-refractivity contribution >= 4 is 33.8 Å². The van der Waals surface area contributed by atoms with E-state index < -0.39 is 0 Å². The highest BCUT2D eigenvalue weighted by Crippen LogP contribution is 2.29. The number of aromatic nitrogens is 3. The number of pyridine rings is 1. The van der Waals surface area contributed by atoms with E-state index in [1.54, 1.807) is 23.5 Å². The summed E-state index contributed by atoms with van der Waals surface area (Å²) in [7, 11) is 0. The maximum atomic E-state index is 13.5. The topological polar surface area (TPSA) is 83.6 Å². The highest BCUT2D eigenvalue weighted by molar-refractivity contribution is 7.13. The second-order valence-corrected chi connectivity index (χ2v) is 8.96. The summed E-state index contributed by atoms with van der Waals surface area (Å²) >= 11 is 1.60. The Labute approximate surface area is 201 Å². The van der Waals surface area contributed by atoms with Gasteiger partial charge in [-0.15, -0.1) is 11.3 Å². The number of thiophene rings is 1. The Morgan fingerprint density at radius 3 is 2.62 bits per heavy atom. The van der Waals surface area contributed by atoms with Crippen molar-refractivity contribution in [2.75, 3.05) is 5.32 Å². The van der Waals surface area contributed by atoms with E-state index in [2.05, 4.69) is 16.5 Å². The summed E-state index contributed by atoms with van der Waals surface area (Å²) < 4.78 is 1.87. The molecule has 0 saturated heterocycles. The molecule has 0 aliphatic rings. The predicted molar refractivity (Wildman–Crippen MR) is 135 cm³/mol. The van der Waals surface area contributed by atoms with Crippen molar-refractivity contribution in [1.82, 2.24) is 14.8 Å². The number of carbonyl (C=O) groups excluding carboxylic acids is 1. The molecule has 0 atom stereocenters.